The Bertz CT molecular complexity index is 1070. The number of para-hydroxylation sites is 1. The zero-order valence-corrected chi connectivity index (χ0v) is 17.3. The zero-order chi connectivity index (χ0) is 21.2. The van der Waals surface area contributed by atoms with Crippen LogP contribution in [0.2, 0.25) is 0 Å². The molecule has 1 aliphatic heterocycles. The van der Waals surface area contributed by atoms with Gasteiger partial charge < -0.3 is 14.6 Å². The number of aromatic nitrogens is 1. The maximum atomic E-state index is 13.3. The minimum Gasteiger partial charge on any atom is -0.440 e. The molecule has 1 N–H and O–H groups in total. The van der Waals surface area contributed by atoms with Crippen LogP contribution in [0.5, 0.6) is 0 Å². The van der Waals surface area contributed by atoms with Crippen molar-refractivity contribution >= 4 is 17.5 Å². The van der Waals surface area contributed by atoms with Gasteiger partial charge in [-0.15, -0.1) is 0 Å². The number of piperidine rings is 1. The molecule has 0 spiro atoms. The Labute approximate surface area is 181 Å². The van der Waals surface area contributed by atoms with E-state index in [9.17, 15) is 9.59 Å². The van der Waals surface area contributed by atoms with Crippen molar-refractivity contribution in [3.63, 3.8) is 0 Å². The van der Waals surface area contributed by atoms with Crippen LogP contribution in [0.1, 0.15) is 47.8 Å². The summed E-state index contributed by atoms with van der Waals surface area (Å²) < 4.78 is 6.04. The number of nitrogens with one attached hydrogen (secondary N) is 1. The minimum atomic E-state index is -0.0932. The van der Waals surface area contributed by atoms with Crippen molar-refractivity contribution in [2.24, 2.45) is 5.92 Å². The number of carbonyl (C=O) groups is 2. The Balaban J connectivity index is 1.26. The summed E-state index contributed by atoms with van der Waals surface area (Å²) in [5.74, 6) is 1.35. The van der Waals surface area contributed by atoms with Gasteiger partial charge in [0.15, 0.2) is 5.69 Å². The van der Waals surface area contributed by atoms with Crippen LogP contribution in [0.15, 0.2) is 65.1 Å². The monoisotopic (exact) mass is 415 g/mol. The van der Waals surface area contributed by atoms with Crippen LogP contribution >= 0.6 is 0 Å². The molecule has 2 aromatic carbocycles. The van der Waals surface area contributed by atoms with E-state index in [1.165, 1.54) is 0 Å². The first kappa shape index (κ1) is 19.5. The molecule has 2 heterocycles. The Morgan fingerprint density at radius 3 is 2.19 bits per heavy atom. The van der Waals surface area contributed by atoms with Crippen molar-refractivity contribution in [3.05, 3.63) is 72.1 Å². The van der Waals surface area contributed by atoms with Crippen LogP contribution < -0.4 is 5.32 Å². The first-order valence-electron chi connectivity index (χ1n) is 10.9. The Morgan fingerprint density at radius 1 is 0.903 bits per heavy atom. The molecular weight excluding hydrogens is 390 g/mol. The highest BCUT2D eigenvalue weighted by Crippen LogP contribution is 2.43. The van der Waals surface area contributed by atoms with Crippen LogP contribution in [-0.4, -0.2) is 34.8 Å². The van der Waals surface area contributed by atoms with Crippen molar-refractivity contribution in [2.75, 3.05) is 18.4 Å². The minimum absolute atomic E-state index is 0.0183. The van der Waals surface area contributed by atoms with Gasteiger partial charge in [0.1, 0.15) is 5.76 Å². The lowest BCUT2D eigenvalue weighted by Gasteiger charge is -2.31. The molecule has 6 heteroatoms. The second-order valence-corrected chi connectivity index (χ2v) is 8.29. The van der Waals surface area contributed by atoms with E-state index in [1.54, 1.807) is 0 Å². The molecule has 0 unspecified atom stereocenters. The van der Waals surface area contributed by atoms with Gasteiger partial charge in [0.05, 0.1) is 0 Å². The van der Waals surface area contributed by atoms with Crippen molar-refractivity contribution < 1.29 is 14.0 Å². The molecule has 1 aliphatic carbocycles. The highest BCUT2D eigenvalue weighted by atomic mass is 16.4. The summed E-state index contributed by atoms with van der Waals surface area (Å²) in [5.41, 5.74) is 2.12. The molecule has 0 atom stereocenters. The van der Waals surface area contributed by atoms with E-state index in [4.69, 9.17) is 4.42 Å². The molecule has 3 aromatic rings. The molecule has 0 bridgehead atoms. The predicted molar refractivity (Wildman–Crippen MR) is 118 cm³/mol. The van der Waals surface area contributed by atoms with E-state index < -0.39 is 0 Å². The molecule has 1 saturated carbocycles. The maximum Gasteiger partial charge on any atom is 0.276 e. The lowest BCUT2D eigenvalue weighted by atomic mass is 9.95. The summed E-state index contributed by atoms with van der Waals surface area (Å²) in [7, 11) is 0. The van der Waals surface area contributed by atoms with Gasteiger partial charge >= 0.3 is 0 Å². The number of benzene rings is 2. The number of nitrogens with zero attached hydrogens (tertiary/aromatic N) is 2. The third-order valence-electron chi connectivity index (χ3n) is 6.02. The van der Waals surface area contributed by atoms with E-state index in [-0.39, 0.29) is 23.7 Å². The van der Waals surface area contributed by atoms with E-state index >= 15 is 0 Å². The molecule has 1 saturated heterocycles. The molecule has 2 aliphatic rings. The molecule has 2 fully saturated rings. The molecule has 6 nitrogen and oxygen atoms in total. The summed E-state index contributed by atoms with van der Waals surface area (Å²) >= 11 is 0. The first-order chi connectivity index (χ1) is 15.2. The normalized spacial score (nSPS) is 16.8. The SMILES string of the molecule is O=C(Nc1ccccc1)C1CCN(C(=O)c2nc(-c3ccccc3)oc2C2CC2)CC1. The van der Waals surface area contributed by atoms with Gasteiger partial charge in [-0.3, -0.25) is 9.59 Å². The average Bonchev–Trinajstić information content (AvgIpc) is 3.58. The quantitative estimate of drug-likeness (QED) is 0.655. The molecule has 5 rings (SSSR count). The summed E-state index contributed by atoms with van der Waals surface area (Å²) in [6.07, 6.45) is 3.36. The number of oxazole rings is 1. The topological polar surface area (TPSA) is 75.4 Å². The predicted octanol–water partition coefficient (Wildman–Crippen LogP) is 4.71. The van der Waals surface area contributed by atoms with Gasteiger partial charge in [0.25, 0.3) is 5.91 Å². The van der Waals surface area contributed by atoms with Gasteiger partial charge in [0.2, 0.25) is 11.8 Å². The number of hydrogen-bond donors (Lipinski definition) is 1. The Hall–Kier alpha value is -3.41. The van der Waals surface area contributed by atoms with Gasteiger partial charge in [-0.25, -0.2) is 4.98 Å². The molecule has 1 aromatic heterocycles. The first-order valence-corrected chi connectivity index (χ1v) is 10.9. The van der Waals surface area contributed by atoms with Crippen LogP contribution in [0.3, 0.4) is 0 Å². The van der Waals surface area contributed by atoms with Crippen LogP contribution in [0.4, 0.5) is 5.69 Å². The summed E-state index contributed by atoms with van der Waals surface area (Å²) in [6, 6.07) is 19.2. The van der Waals surface area contributed by atoms with Crippen molar-refractivity contribution in [2.45, 2.75) is 31.6 Å². The van der Waals surface area contributed by atoms with Crippen LogP contribution in [-0.2, 0) is 4.79 Å². The highest BCUT2D eigenvalue weighted by molar-refractivity contribution is 5.95. The van der Waals surface area contributed by atoms with Crippen molar-refractivity contribution in [3.8, 4) is 11.5 Å². The van der Waals surface area contributed by atoms with Crippen LogP contribution in [0.25, 0.3) is 11.5 Å². The number of likely N-dealkylation sites (tertiary alicyclic amines) is 1. The number of carbonyl (C=O) groups excluding carboxylic acids is 2. The third-order valence-corrected chi connectivity index (χ3v) is 6.02. The number of anilines is 1. The average molecular weight is 415 g/mol. The Kier molecular flexibility index (Phi) is 5.28. The number of hydrogen-bond acceptors (Lipinski definition) is 4. The van der Waals surface area contributed by atoms with E-state index in [0.29, 0.717) is 43.3 Å². The maximum absolute atomic E-state index is 13.3. The molecular formula is C25H25N3O3. The van der Waals surface area contributed by atoms with Gasteiger partial charge in [-0.05, 0) is 49.9 Å². The fourth-order valence-electron chi connectivity index (χ4n) is 4.07. The fourth-order valence-corrected chi connectivity index (χ4v) is 4.07. The highest BCUT2D eigenvalue weighted by Gasteiger charge is 2.37. The summed E-state index contributed by atoms with van der Waals surface area (Å²) in [6.45, 7) is 1.09. The van der Waals surface area contributed by atoms with Gasteiger partial charge in [-0.2, -0.15) is 0 Å². The van der Waals surface area contributed by atoms with E-state index in [1.807, 2.05) is 65.6 Å². The second-order valence-electron chi connectivity index (χ2n) is 8.29. The molecule has 31 heavy (non-hydrogen) atoms. The van der Waals surface area contributed by atoms with Crippen molar-refractivity contribution in [1.82, 2.24) is 9.88 Å². The third kappa shape index (κ3) is 4.24. The van der Waals surface area contributed by atoms with E-state index in [0.717, 1.165) is 24.1 Å². The zero-order valence-electron chi connectivity index (χ0n) is 17.3. The Morgan fingerprint density at radius 2 is 1.55 bits per heavy atom. The second kappa shape index (κ2) is 8.38. The number of rotatable bonds is 5. The largest absolute Gasteiger partial charge is 0.440 e. The lowest BCUT2D eigenvalue weighted by Crippen LogP contribution is -2.41. The standard InChI is InChI=1S/C25H25N3O3/c29-23(26-20-9-5-2-6-10-20)18-13-15-28(16-14-18)25(30)21-22(17-11-12-17)31-24(27-21)19-7-3-1-4-8-19/h1-10,17-18H,11-16H2,(H,26,29). The molecule has 158 valence electrons. The smallest absolute Gasteiger partial charge is 0.276 e. The molecule has 2 amide bonds. The van der Waals surface area contributed by atoms with Crippen molar-refractivity contribution in [1.29, 1.82) is 0 Å². The van der Waals surface area contributed by atoms with Crippen LogP contribution in [0, 0.1) is 5.92 Å². The van der Waals surface area contributed by atoms with Gasteiger partial charge in [-0.1, -0.05) is 36.4 Å². The number of amides is 2. The van der Waals surface area contributed by atoms with E-state index in [2.05, 4.69) is 10.3 Å². The van der Waals surface area contributed by atoms with Gasteiger partial charge in [0, 0.05) is 36.2 Å². The molecule has 0 radical (unpaired) electrons. The summed E-state index contributed by atoms with van der Waals surface area (Å²) in [5, 5.41) is 2.97. The lowest BCUT2D eigenvalue weighted by molar-refractivity contribution is -0.121. The summed E-state index contributed by atoms with van der Waals surface area (Å²) in [4.78, 5) is 32.3. The fraction of sp³-hybridized carbons (Fsp3) is 0.320.